The molecule has 3 rings (SSSR count). The molecule has 2 heterocycles. The van der Waals surface area contributed by atoms with E-state index >= 15 is 0 Å². The maximum absolute atomic E-state index is 11.9. The van der Waals surface area contributed by atoms with Crippen LogP contribution in [-0.2, 0) is 22.7 Å². The van der Waals surface area contributed by atoms with E-state index in [-0.39, 0.29) is 22.8 Å². The topological polar surface area (TPSA) is 61.2 Å². The zero-order valence-corrected chi connectivity index (χ0v) is 13.9. The van der Waals surface area contributed by atoms with Crippen molar-refractivity contribution in [2.75, 3.05) is 16.4 Å². The Balaban J connectivity index is 2.09. The van der Waals surface area contributed by atoms with Crippen LogP contribution in [0.4, 0.5) is 5.69 Å². The lowest BCUT2D eigenvalue weighted by atomic mass is 10.0. The summed E-state index contributed by atoms with van der Waals surface area (Å²) in [4.78, 5) is 1.98. The summed E-state index contributed by atoms with van der Waals surface area (Å²) in [6.07, 6.45) is 1.78. The summed E-state index contributed by atoms with van der Waals surface area (Å²) in [5, 5.41) is 8.82. The van der Waals surface area contributed by atoms with E-state index in [2.05, 4.69) is 32.0 Å². The van der Waals surface area contributed by atoms with Gasteiger partial charge >= 0.3 is 0 Å². The van der Waals surface area contributed by atoms with Gasteiger partial charge in [0.1, 0.15) is 0 Å². The first-order valence-electron chi connectivity index (χ1n) is 7.32. The summed E-state index contributed by atoms with van der Waals surface area (Å²) < 4.78 is 23.9. The minimum atomic E-state index is -2.97. The predicted molar refractivity (Wildman–Crippen MR) is 89.2 cm³/mol. The Hall–Kier alpha value is -1.01. The molecule has 1 N–H and O–H groups in total. The van der Waals surface area contributed by atoms with E-state index in [9.17, 15) is 8.42 Å². The van der Waals surface area contributed by atoms with E-state index in [0.29, 0.717) is 5.17 Å². The van der Waals surface area contributed by atoms with Crippen molar-refractivity contribution >= 4 is 32.5 Å². The van der Waals surface area contributed by atoms with Gasteiger partial charge in [-0.25, -0.2) is 8.42 Å². The second-order valence-electron chi connectivity index (χ2n) is 5.61. The van der Waals surface area contributed by atoms with E-state index in [1.54, 1.807) is 0 Å². The van der Waals surface area contributed by atoms with Crippen molar-refractivity contribution in [3.05, 3.63) is 29.3 Å². The summed E-state index contributed by atoms with van der Waals surface area (Å²) in [5.74, 6) is 0.380. The van der Waals surface area contributed by atoms with Crippen LogP contribution in [0.1, 0.15) is 25.0 Å². The number of rotatable bonds is 3. The van der Waals surface area contributed by atoms with E-state index < -0.39 is 9.84 Å². The van der Waals surface area contributed by atoms with Crippen LogP contribution >= 0.6 is 11.8 Å². The van der Waals surface area contributed by atoms with Gasteiger partial charge in [0.05, 0.1) is 17.5 Å². The number of nitrogens with zero attached hydrogens (tertiary/aromatic N) is 1. The Morgan fingerprint density at radius 3 is 2.43 bits per heavy atom. The molecule has 0 amide bonds. The molecule has 0 aromatic heterocycles. The van der Waals surface area contributed by atoms with Crippen LogP contribution in [0.2, 0.25) is 0 Å². The number of thioether (sulfide) groups is 1. The average molecular weight is 324 g/mol. The smallest absolute Gasteiger partial charge is 0.161 e. The number of hydrogen-bond acceptors (Lipinski definition) is 4. The first-order valence-corrected chi connectivity index (χ1v) is 10.0. The van der Waals surface area contributed by atoms with Gasteiger partial charge in [-0.2, -0.15) is 0 Å². The number of nitrogens with one attached hydrogen (secondary N) is 1. The highest BCUT2D eigenvalue weighted by atomic mass is 32.2. The van der Waals surface area contributed by atoms with Crippen LogP contribution in [0.25, 0.3) is 0 Å². The fourth-order valence-electron chi connectivity index (χ4n) is 3.29. The highest BCUT2D eigenvalue weighted by Gasteiger charge is 2.49. The van der Waals surface area contributed by atoms with E-state index in [0.717, 1.165) is 18.5 Å². The molecule has 0 unspecified atom stereocenters. The van der Waals surface area contributed by atoms with E-state index in [1.165, 1.54) is 22.9 Å². The minimum absolute atomic E-state index is 0.0112. The SMILES string of the molecule is CCc1cccc(CC)c1N1C(=N)S[C@H]2CS(=O)(=O)C[C@@H]21. The fraction of sp³-hybridized carbons (Fsp3) is 0.533. The van der Waals surface area contributed by atoms with Crippen molar-refractivity contribution in [2.24, 2.45) is 0 Å². The molecule has 2 aliphatic heterocycles. The van der Waals surface area contributed by atoms with Gasteiger partial charge in [-0.05, 0) is 24.0 Å². The zero-order valence-electron chi connectivity index (χ0n) is 12.3. The van der Waals surface area contributed by atoms with Gasteiger partial charge in [0.2, 0.25) is 0 Å². The molecule has 114 valence electrons. The first kappa shape index (κ1) is 14.9. The lowest BCUT2D eigenvalue weighted by Gasteiger charge is -2.28. The van der Waals surface area contributed by atoms with Crippen LogP contribution in [0.3, 0.4) is 0 Å². The average Bonchev–Trinajstić information content (AvgIpc) is 2.88. The van der Waals surface area contributed by atoms with Crippen LogP contribution in [0, 0.1) is 5.41 Å². The molecule has 0 saturated carbocycles. The molecule has 0 radical (unpaired) electrons. The monoisotopic (exact) mass is 324 g/mol. The molecule has 1 aromatic carbocycles. The molecular weight excluding hydrogens is 304 g/mol. The molecule has 2 saturated heterocycles. The third-order valence-corrected chi connectivity index (χ3v) is 7.42. The summed E-state index contributed by atoms with van der Waals surface area (Å²) in [5.41, 5.74) is 3.47. The maximum Gasteiger partial charge on any atom is 0.161 e. The van der Waals surface area contributed by atoms with Crippen molar-refractivity contribution in [1.82, 2.24) is 0 Å². The maximum atomic E-state index is 11.9. The van der Waals surface area contributed by atoms with Crippen molar-refractivity contribution in [1.29, 1.82) is 5.41 Å². The lowest BCUT2D eigenvalue weighted by molar-refractivity contribution is 0.601. The third-order valence-electron chi connectivity index (χ3n) is 4.29. The van der Waals surface area contributed by atoms with Gasteiger partial charge in [-0.3, -0.25) is 5.41 Å². The highest BCUT2D eigenvalue weighted by Crippen LogP contribution is 2.42. The molecular formula is C15H20N2O2S2. The van der Waals surface area contributed by atoms with Crippen LogP contribution in [0.15, 0.2) is 18.2 Å². The summed E-state index contributed by atoms with van der Waals surface area (Å²) >= 11 is 1.41. The quantitative estimate of drug-likeness (QED) is 0.928. The Kier molecular flexibility index (Phi) is 3.78. The number of hydrogen-bond donors (Lipinski definition) is 1. The van der Waals surface area contributed by atoms with Gasteiger partial charge in [-0.1, -0.05) is 43.8 Å². The molecule has 0 bridgehead atoms. The van der Waals surface area contributed by atoms with Crippen LogP contribution in [0.5, 0.6) is 0 Å². The number of benzene rings is 1. The first-order chi connectivity index (χ1) is 9.96. The Labute approximate surface area is 130 Å². The number of amidine groups is 1. The Morgan fingerprint density at radius 1 is 1.24 bits per heavy atom. The van der Waals surface area contributed by atoms with Crippen molar-refractivity contribution in [2.45, 2.75) is 38.0 Å². The number of sulfone groups is 1. The fourth-order valence-corrected chi connectivity index (χ4v) is 7.07. The largest absolute Gasteiger partial charge is 0.316 e. The normalized spacial score (nSPS) is 27.1. The molecule has 2 fully saturated rings. The van der Waals surface area contributed by atoms with Gasteiger partial charge < -0.3 is 4.90 Å². The molecule has 2 aliphatic rings. The zero-order chi connectivity index (χ0) is 15.2. The molecule has 0 aliphatic carbocycles. The van der Waals surface area contributed by atoms with Gasteiger partial charge in [0.15, 0.2) is 15.0 Å². The predicted octanol–water partition coefficient (Wildman–Crippen LogP) is 2.46. The third kappa shape index (κ3) is 2.48. The summed E-state index contributed by atoms with van der Waals surface area (Å²) in [6.45, 7) is 4.21. The Morgan fingerprint density at radius 2 is 1.86 bits per heavy atom. The molecule has 21 heavy (non-hydrogen) atoms. The number of aryl methyl sites for hydroxylation is 2. The standard InChI is InChI=1S/C15H20N2O2S2/c1-3-10-6-5-7-11(4-2)14(10)17-12-8-21(18,19)9-13(12)20-15(17)16/h5-7,12-13,16H,3-4,8-9H2,1-2H3/t12-,13-/m0/s1. The summed E-state index contributed by atoms with van der Waals surface area (Å²) in [6, 6.07) is 6.15. The lowest BCUT2D eigenvalue weighted by Crippen LogP contribution is -2.38. The molecule has 0 spiro atoms. The second kappa shape index (κ2) is 5.32. The number of anilines is 1. The minimum Gasteiger partial charge on any atom is -0.316 e. The van der Waals surface area contributed by atoms with Crippen molar-refractivity contribution in [3.8, 4) is 0 Å². The molecule has 6 heteroatoms. The van der Waals surface area contributed by atoms with E-state index in [1.807, 2.05) is 4.90 Å². The molecule has 2 atom stereocenters. The Bertz CT molecular complexity index is 663. The van der Waals surface area contributed by atoms with Gasteiger partial charge in [0.25, 0.3) is 0 Å². The molecule has 4 nitrogen and oxygen atoms in total. The second-order valence-corrected chi connectivity index (χ2v) is 8.99. The van der Waals surface area contributed by atoms with Crippen molar-refractivity contribution in [3.63, 3.8) is 0 Å². The highest BCUT2D eigenvalue weighted by molar-refractivity contribution is 8.15. The molecule has 1 aromatic rings. The van der Waals surface area contributed by atoms with Gasteiger partial charge in [-0.15, -0.1) is 0 Å². The summed E-state index contributed by atoms with van der Waals surface area (Å²) in [7, 11) is -2.97. The van der Waals surface area contributed by atoms with Crippen LogP contribution in [-0.4, -0.2) is 36.4 Å². The number of fused-ring (bicyclic) bond motifs is 1. The van der Waals surface area contributed by atoms with Crippen LogP contribution < -0.4 is 4.90 Å². The van der Waals surface area contributed by atoms with E-state index in [4.69, 9.17) is 5.41 Å². The van der Waals surface area contributed by atoms with Crippen molar-refractivity contribution < 1.29 is 8.42 Å². The number of para-hydroxylation sites is 1. The van der Waals surface area contributed by atoms with Gasteiger partial charge in [0, 0.05) is 10.9 Å².